The fourth-order valence-corrected chi connectivity index (χ4v) is 5.21. The third-order valence-corrected chi connectivity index (χ3v) is 5.85. The van der Waals surface area contributed by atoms with Crippen LogP contribution in [-0.4, -0.2) is 27.6 Å². The number of anilines is 1. The lowest BCUT2D eigenvalue weighted by atomic mass is 9.64. The second-order valence-corrected chi connectivity index (χ2v) is 10.9. The number of hydrogen-bond donors (Lipinski definition) is 1. The first-order valence-corrected chi connectivity index (χ1v) is 9.32. The molecule has 2 aliphatic heterocycles. The van der Waals surface area contributed by atoms with E-state index in [1.165, 1.54) is 11.3 Å². The predicted molar refractivity (Wildman–Crippen MR) is 102 cm³/mol. The molecular formula is C21H35N3. The van der Waals surface area contributed by atoms with Crippen LogP contribution >= 0.6 is 0 Å². The van der Waals surface area contributed by atoms with Crippen LogP contribution in [0, 0.1) is 16.7 Å². The topological polar surface area (TPSA) is 28.2 Å². The van der Waals surface area contributed by atoms with Gasteiger partial charge in [-0.2, -0.15) is 0 Å². The van der Waals surface area contributed by atoms with Gasteiger partial charge < -0.3 is 5.32 Å². The van der Waals surface area contributed by atoms with Crippen molar-refractivity contribution >= 4 is 5.69 Å². The zero-order valence-corrected chi connectivity index (χ0v) is 16.9. The van der Waals surface area contributed by atoms with Crippen LogP contribution in [0.5, 0.6) is 0 Å². The Bertz CT molecular complexity index is 615. The van der Waals surface area contributed by atoms with Crippen molar-refractivity contribution in [2.75, 3.05) is 5.32 Å². The molecule has 1 fully saturated rings. The Hall–Kier alpha value is -1.09. The molecule has 134 valence electrons. The van der Waals surface area contributed by atoms with E-state index in [1.54, 1.807) is 0 Å². The molecule has 4 unspecified atom stereocenters. The molecule has 0 radical (unpaired) electrons. The SMILES string of the molecule is CC(C)(C)C1C2c3ccncc3NC2N(C(C)(C)C)C1C(C)(C)C. The number of aromatic nitrogens is 1. The zero-order valence-electron chi connectivity index (χ0n) is 16.9. The van der Waals surface area contributed by atoms with E-state index < -0.39 is 0 Å². The van der Waals surface area contributed by atoms with E-state index in [1.807, 2.05) is 12.4 Å². The summed E-state index contributed by atoms with van der Waals surface area (Å²) < 4.78 is 0. The maximum absolute atomic E-state index is 4.34. The fraction of sp³-hybridized carbons (Fsp3) is 0.762. The van der Waals surface area contributed by atoms with Crippen LogP contribution < -0.4 is 5.32 Å². The monoisotopic (exact) mass is 329 g/mol. The second kappa shape index (κ2) is 5.20. The Morgan fingerprint density at radius 3 is 2.08 bits per heavy atom. The standard InChI is InChI=1S/C21H35N3/c1-19(2,3)16-15-13-10-11-22-12-14(13)23-18(15)24(21(7,8)9)17(16)20(4,5)6/h10-12,15-18,23H,1-9H3. The molecule has 0 aliphatic carbocycles. The molecule has 0 bridgehead atoms. The summed E-state index contributed by atoms with van der Waals surface area (Å²) in [7, 11) is 0. The van der Waals surface area contributed by atoms with E-state index >= 15 is 0 Å². The van der Waals surface area contributed by atoms with Gasteiger partial charge in [-0.25, -0.2) is 0 Å². The molecule has 0 aromatic carbocycles. The van der Waals surface area contributed by atoms with Gasteiger partial charge in [0.2, 0.25) is 0 Å². The minimum atomic E-state index is 0.114. The van der Waals surface area contributed by atoms with E-state index in [9.17, 15) is 0 Å². The molecule has 0 saturated carbocycles. The Morgan fingerprint density at radius 2 is 1.58 bits per heavy atom. The van der Waals surface area contributed by atoms with Crippen molar-refractivity contribution in [1.29, 1.82) is 0 Å². The van der Waals surface area contributed by atoms with E-state index in [0.717, 1.165) is 0 Å². The van der Waals surface area contributed by atoms with E-state index in [2.05, 4.69) is 83.6 Å². The highest BCUT2D eigenvalue weighted by Crippen LogP contribution is 2.59. The average Bonchev–Trinajstić information content (AvgIpc) is 2.89. The average molecular weight is 330 g/mol. The number of hydrogen-bond acceptors (Lipinski definition) is 3. The van der Waals surface area contributed by atoms with Crippen LogP contribution in [0.1, 0.15) is 73.8 Å². The lowest BCUT2D eigenvalue weighted by Gasteiger charge is -2.49. The van der Waals surface area contributed by atoms with Crippen molar-refractivity contribution in [1.82, 2.24) is 9.88 Å². The molecule has 3 rings (SSSR count). The van der Waals surface area contributed by atoms with Gasteiger partial charge >= 0.3 is 0 Å². The lowest BCUT2D eigenvalue weighted by molar-refractivity contribution is -0.000427. The Kier molecular flexibility index (Phi) is 3.84. The predicted octanol–water partition coefficient (Wildman–Crippen LogP) is 5.11. The molecule has 3 heterocycles. The van der Waals surface area contributed by atoms with Gasteiger partial charge in [-0.15, -0.1) is 0 Å². The van der Waals surface area contributed by atoms with E-state index in [4.69, 9.17) is 0 Å². The van der Waals surface area contributed by atoms with Gasteiger partial charge in [0.15, 0.2) is 0 Å². The molecule has 0 spiro atoms. The van der Waals surface area contributed by atoms with Crippen molar-refractivity contribution in [2.45, 2.75) is 86.0 Å². The summed E-state index contributed by atoms with van der Waals surface area (Å²) >= 11 is 0. The van der Waals surface area contributed by atoms with Crippen LogP contribution in [0.3, 0.4) is 0 Å². The highest BCUT2D eigenvalue weighted by atomic mass is 15.4. The number of nitrogens with zero attached hydrogens (tertiary/aromatic N) is 2. The van der Waals surface area contributed by atoms with Crippen LogP contribution in [0.25, 0.3) is 0 Å². The molecule has 1 aromatic rings. The molecule has 0 amide bonds. The van der Waals surface area contributed by atoms with Crippen LogP contribution in [0.2, 0.25) is 0 Å². The highest BCUT2D eigenvalue weighted by molar-refractivity contribution is 5.59. The van der Waals surface area contributed by atoms with Crippen molar-refractivity contribution in [3.8, 4) is 0 Å². The minimum absolute atomic E-state index is 0.114. The first-order chi connectivity index (χ1) is 10.8. The summed E-state index contributed by atoms with van der Waals surface area (Å²) in [6.45, 7) is 21.5. The molecule has 1 saturated heterocycles. The van der Waals surface area contributed by atoms with E-state index in [0.29, 0.717) is 24.0 Å². The molecule has 24 heavy (non-hydrogen) atoms. The van der Waals surface area contributed by atoms with Gasteiger partial charge in [-0.3, -0.25) is 9.88 Å². The zero-order chi connectivity index (χ0) is 18.1. The van der Waals surface area contributed by atoms with Crippen molar-refractivity contribution in [3.05, 3.63) is 24.0 Å². The minimum Gasteiger partial charge on any atom is -0.368 e. The Balaban J connectivity index is 2.20. The summed E-state index contributed by atoms with van der Waals surface area (Å²) in [6.07, 6.45) is 4.31. The van der Waals surface area contributed by atoms with Gasteiger partial charge in [-0.1, -0.05) is 41.5 Å². The van der Waals surface area contributed by atoms with Crippen LogP contribution in [0.15, 0.2) is 18.5 Å². The van der Waals surface area contributed by atoms with E-state index in [-0.39, 0.29) is 16.4 Å². The van der Waals surface area contributed by atoms with Gasteiger partial charge in [0.05, 0.1) is 18.1 Å². The van der Waals surface area contributed by atoms with Crippen molar-refractivity contribution < 1.29 is 0 Å². The van der Waals surface area contributed by atoms with Crippen molar-refractivity contribution in [2.24, 2.45) is 16.7 Å². The third-order valence-electron chi connectivity index (χ3n) is 5.85. The van der Waals surface area contributed by atoms with Gasteiger partial charge in [0, 0.05) is 23.7 Å². The van der Waals surface area contributed by atoms with Crippen LogP contribution in [-0.2, 0) is 0 Å². The molecule has 4 atom stereocenters. The first-order valence-electron chi connectivity index (χ1n) is 9.32. The largest absolute Gasteiger partial charge is 0.368 e. The quantitative estimate of drug-likeness (QED) is 0.717. The molecular weight excluding hydrogens is 294 g/mol. The van der Waals surface area contributed by atoms with Gasteiger partial charge in [0.25, 0.3) is 0 Å². The number of fused-ring (bicyclic) bond motifs is 3. The molecule has 3 heteroatoms. The molecule has 2 aliphatic rings. The maximum atomic E-state index is 4.34. The smallest absolute Gasteiger partial charge is 0.0875 e. The summed E-state index contributed by atoms with van der Waals surface area (Å²) in [6, 6.07) is 2.76. The summed E-state index contributed by atoms with van der Waals surface area (Å²) in [5.41, 5.74) is 3.26. The summed E-state index contributed by atoms with van der Waals surface area (Å²) in [5.74, 6) is 1.12. The van der Waals surface area contributed by atoms with Gasteiger partial charge in [-0.05, 0) is 49.1 Å². The fourth-order valence-electron chi connectivity index (χ4n) is 5.21. The molecule has 1 aromatic heterocycles. The third kappa shape index (κ3) is 2.65. The number of pyridine rings is 1. The number of nitrogens with one attached hydrogen (secondary N) is 1. The molecule has 3 nitrogen and oxygen atoms in total. The highest BCUT2D eigenvalue weighted by Gasteiger charge is 2.61. The van der Waals surface area contributed by atoms with Crippen molar-refractivity contribution in [3.63, 3.8) is 0 Å². The van der Waals surface area contributed by atoms with Crippen LogP contribution in [0.4, 0.5) is 5.69 Å². The second-order valence-electron chi connectivity index (χ2n) is 10.9. The maximum Gasteiger partial charge on any atom is 0.0875 e. The number of rotatable bonds is 0. The Labute approximate surface area is 148 Å². The number of likely N-dealkylation sites (tertiary alicyclic amines) is 1. The normalized spacial score (nSPS) is 30.9. The molecule has 1 N–H and O–H groups in total. The first kappa shape index (κ1) is 17.7. The summed E-state index contributed by atoms with van der Waals surface area (Å²) in [4.78, 5) is 7.10. The summed E-state index contributed by atoms with van der Waals surface area (Å²) in [5, 5.41) is 3.82. The van der Waals surface area contributed by atoms with Gasteiger partial charge in [0.1, 0.15) is 0 Å². The Morgan fingerprint density at radius 1 is 0.958 bits per heavy atom. The lowest BCUT2D eigenvalue weighted by Crippen LogP contribution is -2.56.